The largest absolute Gasteiger partial charge is 0.497 e. The van der Waals surface area contributed by atoms with Crippen LogP contribution in [0.5, 0.6) is 5.75 Å². The Kier molecular flexibility index (Phi) is 6.56. The first kappa shape index (κ1) is 16.0. The smallest absolute Gasteiger partial charge is 0.118 e. The van der Waals surface area contributed by atoms with Gasteiger partial charge in [-0.2, -0.15) is 10.5 Å². The van der Waals surface area contributed by atoms with Crippen LogP contribution in [0.3, 0.4) is 0 Å². The van der Waals surface area contributed by atoms with Crippen molar-refractivity contribution in [3.05, 3.63) is 29.8 Å². The molecule has 0 heterocycles. The number of nitriles is 2. The maximum Gasteiger partial charge on any atom is 0.118 e. The van der Waals surface area contributed by atoms with Crippen molar-refractivity contribution in [3.8, 4) is 17.9 Å². The van der Waals surface area contributed by atoms with Crippen molar-refractivity contribution in [1.29, 1.82) is 10.5 Å². The first-order chi connectivity index (χ1) is 9.62. The molecule has 20 heavy (non-hydrogen) atoms. The average molecular weight is 271 g/mol. The molecule has 0 bridgehead atoms. The van der Waals surface area contributed by atoms with Gasteiger partial charge in [-0.25, -0.2) is 0 Å². The molecule has 2 atom stereocenters. The summed E-state index contributed by atoms with van der Waals surface area (Å²) < 4.78 is 5.15. The molecule has 0 amide bonds. The van der Waals surface area contributed by atoms with Crippen molar-refractivity contribution in [2.45, 2.75) is 25.8 Å². The van der Waals surface area contributed by atoms with Gasteiger partial charge in [0.1, 0.15) is 5.75 Å². The number of benzene rings is 1. The lowest BCUT2D eigenvalue weighted by molar-refractivity contribution is 0.235. The summed E-state index contributed by atoms with van der Waals surface area (Å²) in [5, 5.41) is 17.7. The van der Waals surface area contributed by atoms with Crippen molar-refractivity contribution >= 4 is 0 Å². The highest BCUT2D eigenvalue weighted by atomic mass is 16.5. The van der Waals surface area contributed by atoms with E-state index in [0.29, 0.717) is 19.4 Å². The van der Waals surface area contributed by atoms with Crippen molar-refractivity contribution in [2.75, 3.05) is 20.7 Å². The lowest BCUT2D eigenvalue weighted by Crippen LogP contribution is -2.28. The first-order valence-electron chi connectivity index (χ1n) is 6.73. The molecule has 4 heteroatoms. The molecule has 0 fully saturated rings. The molecule has 0 N–H and O–H groups in total. The van der Waals surface area contributed by atoms with Gasteiger partial charge in [0.2, 0.25) is 0 Å². The Morgan fingerprint density at radius 3 is 2.40 bits per heavy atom. The Labute approximate surface area is 121 Å². The molecule has 1 rings (SSSR count). The van der Waals surface area contributed by atoms with E-state index in [1.54, 1.807) is 7.11 Å². The Morgan fingerprint density at radius 1 is 1.25 bits per heavy atom. The van der Waals surface area contributed by atoms with Crippen LogP contribution in [0.4, 0.5) is 0 Å². The van der Waals surface area contributed by atoms with E-state index in [4.69, 9.17) is 15.3 Å². The molecule has 0 unspecified atom stereocenters. The third-order valence-electron chi connectivity index (χ3n) is 3.55. The second kappa shape index (κ2) is 8.19. The van der Waals surface area contributed by atoms with Gasteiger partial charge in [0.05, 0.1) is 25.2 Å². The summed E-state index contributed by atoms with van der Waals surface area (Å²) in [5.41, 5.74) is 1.19. The van der Waals surface area contributed by atoms with E-state index in [1.807, 2.05) is 31.3 Å². The average Bonchev–Trinajstić information content (AvgIpc) is 2.50. The van der Waals surface area contributed by atoms with E-state index in [0.717, 1.165) is 5.75 Å². The van der Waals surface area contributed by atoms with Gasteiger partial charge in [0.25, 0.3) is 0 Å². The van der Waals surface area contributed by atoms with E-state index in [1.165, 1.54) is 5.56 Å². The van der Waals surface area contributed by atoms with Crippen molar-refractivity contribution in [1.82, 2.24) is 4.90 Å². The molecule has 0 aliphatic heterocycles. The maximum atomic E-state index is 9.12. The zero-order chi connectivity index (χ0) is 15.0. The first-order valence-corrected chi connectivity index (χ1v) is 6.73. The SMILES string of the molecule is COc1ccc([C@@H](C)N(C)C[C@@H](C#N)CCC#N)cc1. The van der Waals surface area contributed by atoms with Crippen LogP contribution < -0.4 is 4.74 Å². The highest BCUT2D eigenvalue weighted by molar-refractivity contribution is 5.28. The van der Waals surface area contributed by atoms with Crippen LogP contribution in [-0.4, -0.2) is 25.6 Å². The molecule has 106 valence electrons. The molecule has 1 aromatic rings. The van der Waals surface area contributed by atoms with Crippen molar-refractivity contribution < 1.29 is 4.74 Å². The summed E-state index contributed by atoms with van der Waals surface area (Å²) >= 11 is 0. The van der Waals surface area contributed by atoms with Gasteiger partial charge in [-0.3, -0.25) is 4.90 Å². The summed E-state index contributed by atoms with van der Waals surface area (Å²) in [5.74, 6) is 0.743. The van der Waals surface area contributed by atoms with Gasteiger partial charge in [-0.05, 0) is 38.1 Å². The molecular weight excluding hydrogens is 250 g/mol. The van der Waals surface area contributed by atoms with E-state index >= 15 is 0 Å². The summed E-state index contributed by atoms with van der Waals surface area (Å²) in [7, 11) is 3.66. The molecule has 0 radical (unpaired) electrons. The number of methoxy groups -OCH3 is 1. The van der Waals surface area contributed by atoms with Crippen LogP contribution in [-0.2, 0) is 0 Å². The van der Waals surface area contributed by atoms with Gasteiger partial charge in [-0.15, -0.1) is 0 Å². The fraction of sp³-hybridized carbons (Fsp3) is 0.500. The topological polar surface area (TPSA) is 60.0 Å². The normalized spacial score (nSPS) is 13.3. The zero-order valence-electron chi connectivity index (χ0n) is 12.3. The second-order valence-corrected chi connectivity index (χ2v) is 4.91. The summed E-state index contributed by atoms with van der Waals surface area (Å²) in [6.07, 6.45) is 1.07. The van der Waals surface area contributed by atoms with Crippen LogP contribution in [0.25, 0.3) is 0 Å². The minimum absolute atomic E-state index is 0.0969. The quantitative estimate of drug-likeness (QED) is 0.764. The highest BCUT2D eigenvalue weighted by Gasteiger charge is 2.16. The van der Waals surface area contributed by atoms with Gasteiger partial charge < -0.3 is 4.74 Å². The van der Waals surface area contributed by atoms with E-state index in [-0.39, 0.29) is 12.0 Å². The predicted molar refractivity (Wildman–Crippen MR) is 78.0 cm³/mol. The van der Waals surface area contributed by atoms with Gasteiger partial charge in [0, 0.05) is 19.0 Å². The maximum absolute atomic E-state index is 9.12. The van der Waals surface area contributed by atoms with Crippen molar-refractivity contribution in [3.63, 3.8) is 0 Å². The number of nitrogens with zero attached hydrogens (tertiary/aromatic N) is 3. The number of rotatable bonds is 7. The number of ether oxygens (including phenoxy) is 1. The molecule has 0 aromatic heterocycles. The van der Waals surface area contributed by atoms with Crippen LogP contribution in [0.1, 0.15) is 31.4 Å². The lowest BCUT2D eigenvalue weighted by Gasteiger charge is -2.26. The van der Waals surface area contributed by atoms with E-state index < -0.39 is 0 Å². The van der Waals surface area contributed by atoms with E-state index in [9.17, 15) is 0 Å². The third-order valence-corrected chi connectivity index (χ3v) is 3.55. The molecule has 0 saturated carbocycles. The monoisotopic (exact) mass is 271 g/mol. The molecule has 1 aromatic carbocycles. The highest BCUT2D eigenvalue weighted by Crippen LogP contribution is 2.22. The molecule has 0 aliphatic rings. The molecule has 0 aliphatic carbocycles. The number of hydrogen-bond donors (Lipinski definition) is 0. The fourth-order valence-electron chi connectivity index (χ4n) is 2.08. The zero-order valence-corrected chi connectivity index (χ0v) is 12.3. The summed E-state index contributed by atoms with van der Waals surface area (Å²) in [4.78, 5) is 2.15. The fourth-order valence-corrected chi connectivity index (χ4v) is 2.08. The van der Waals surface area contributed by atoms with Crippen LogP contribution in [0.2, 0.25) is 0 Å². The van der Waals surface area contributed by atoms with E-state index in [2.05, 4.69) is 24.0 Å². The molecule has 4 nitrogen and oxygen atoms in total. The minimum Gasteiger partial charge on any atom is -0.497 e. The van der Waals surface area contributed by atoms with Crippen LogP contribution in [0, 0.1) is 28.6 Å². The minimum atomic E-state index is -0.0969. The van der Waals surface area contributed by atoms with Crippen LogP contribution in [0.15, 0.2) is 24.3 Å². The number of hydrogen-bond acceptors (Lipinski definition) is 4. The third kappa shape index (κ3) is 4.57. The van der Waals surface area contributed by atoms with Gasteiger partial charge >= 0.3 is 0 Å². The lowest BCUT2D eigenvalue weighted by atomic mass is 10.0. The van der Waals surface area contributed by atoms with Crippen LogP contribution >= 0.6 is 0 Å². The Morgan fingerprint density at radius 2 is 1.90 bits per heavy atom. The summed E-state index contributed by atoms with van der Waals surface area (Å²) in [6, 6.07) is 12.6. The standard InChI is InChI=1S/C16H21N3O/c1-13(15-6-8-16(20-3)9-7-15)19(2)12-14(11-18)5-4-10-17/h6-9,13-14H,4-5,12H2,1-3H3/t13-,14-/m1/s1. The van der Waals surface area contributed by atoms with Gasteiger partial charge in [0.15, 0.2) is 0 Å². The molecule has 0 saturated heterocycles. The molecular formula is C16H21N3O. The van der Waals surface area contributed by atoms with Crippen molar-refractivity contribution in [2.24, 2.45) is 5.92 Å². The molecule has 0 spiro atoms. The summed E-state index contributed by atoms with van der Waals surface area (Å²) in [6.45, 7) is 2.78. The Bertz CT molecular complexity index is 484. The van der Waals surface area contributed by atoms with Gasteiger partial charge in [-0.1, -0.05) is 12.1 Å². The predicted octanol–water partition coefficient (Wildman–Crippen LogP) is 3.13. The Hall–Kier alpha value is -2.04. The second-order valence-electron chi connectivity index (χ2n) is 4.91. The Balaban J connectivity index is 2.63.